The zero-order chi connectivity index (χ0) is 15.2. The van der Waals surface area contributed by atoms with Gasteiger partial charge in [0.15, 0.2) is 0 Å². The lowest BCUT2D eigenvalue weighted by Gasteiger charge is -2.13. The molecule has 6 heteroatoms. The molecule has 0 bridgehead atoms. The van der Waals surface area contributed by atoms with Gasteiger partial charge in [0.1, 0.15) is 0 Å². The first kappa shape index (κ1) is 15.2. The van der Waals surface area contributed by atoms with Gasteiger partial charge >= 0.3 is 5.97 Å². The molecule has 0 unspecified atom stereocenters. The molecule has 0 spiro atoms. The van der Waals surface area contributed by atoms with Crippen LogP contribution in [0.3, 0.4) is 0 Å². The molecule has 0 atom stereocenters. The van der Waals surface area contributed by atoms with E-state index in [-0.39, 0.29) is 18.2 Å². The minimum atomic E-state index is -0.643. The number of fused-ring (bicyclic) bond motifs is 1. The van der Waals surface area contributed by atoms with E-state index in [9.17, 15) is 14.4 Å². The second kappa shape index (κ2) is 6.99. The van der Waals surface area contributed by atoms with Gasteiger partial charge in [0, 0.05) is 13.0 Å². The van der Waals surface area contributed by atoms with Crippen molar-refractivity contribution < 1.29 is 24.5 Å². The summed E-state index contributed by atoms with van der Waals surface area (Å²) in [6.45, 7) is 0.386. The Hall–Kier alpha value is -2.21. The number of hydrogen-bond acceptors (Lipinski definition) is 5. The minimum Gasteiger partial charge on any atom is -0.301 e. The number of unbranched alkanes of at least 4 members (excludes halogenated alkanes) is 3. The van der Waals surface area contributed by atoms with E-state index in [1.807, 2.05) is 0 Å². The van der Waals surface area contributed by atoms with E-state index in [4.69, 9.17) is 5.26 Å². The van der Waals surface area contributed by atoms with E-state index < -0.39 is 5.97 Å². The lowest BCUT2D eigenvalue weighted by atomic mass is 10.1. The van der Waals surface area contributed by atoms with E-state index in [1.165, 1.54) is 4.90 Å². The van der Waals surface area contributed by atoms with Crippen molar-refractivity contribution in [1.29, 1.82) is 0 Å². The fourth-order valence-electron chi connectivity index (χ4n) is 2.38. The quantitative estimate of drug-likeness (QED) is 0.360. The summed E-state index contributed by atoms with van der Waals surface area (Å²) in [5.74, 6) is -1.12. The van der Waals surface area contributed by atoms with Crippen LogP contribution < -0.4 is 0 Å². The van der Waals surface area contributed by atoms with Crippen molar-refractivity contribution in [2.45, 2.75) is 32.1 Å². The van der Waals surface area contributed by atoms with Crippen LogP contribution >= 0.6 is 0 Å². The summed E-state index contributed by atoms with van der Waals surface area (Å²) >= 11 is 0. The molecule has 0 aliphatic carbocycles. The van der Waals surface area contributed by atoms with E-state index in [2.05, 4.69) is 4.89 Å². The smallest absolute Gasteiger partial charge is 0.301 e. The molecular weight excluding hydrogens is 274 g/mol. The Labute approximate surface area is 122 Å². The van der Waals surface area contributed by atoms with Gasteiger partial charge in [-0.25, -0.2) is 4.79 Å². The minimum absolute atomic E-state index is 0.170. The fourth-order valence-corrected chi connectivity index (χ4v) is 2.38. The summed E-state index contributed by atoms with van der Waals surface area (Å²) in [6.07, 6.45) is 3.05. The first-order valence-corrected chi connectivity index (χ1v) is 6.94. The van der Waals surface area contributed by atoms with Crippen LogP contribution in [0.5, 0.6) is 0 Å². The molecule has 0 radical (unpaired) electrons. The average Bonchev–Trinajstić information content (AvgIpc) is 2.75. The lowest BCUT2D eigenvalue weighted by molar-refractivity contribution is -0.234. The molecule has 1 aliphatic heterocycles. The number of hydrogen-bond donors (Lipinski definition) is 1. The molecule has 1 aromatic rings. The molecular formula is C15H17NO5. The number of amides is 2. The van der Waals surface area contributed by atoms with Crippen LogP contribution in [0.4, 0.5) is 0 Å². The van der Waals surface area contributed by atoms with Crippen molar-refractivity contribution in [3.8, 4) is 0 Å². The van der Waals surface area contributed by atoms with Crippen molar-refractivity contribution in [3.63, 3.8) is 0 Å². The Morgan fingerprint density at radius 1 is 1.00 bits per heavy atom. The van der Waals surface area contributed by atoms with Crippen LogP contribution in [0.25, 0.3) is 0 Å². The van der Waals surface area contributed by atoms with Crippen molar-refractivity contribution in [1.82, 2.24) is 4.90 Å². The monoisotopic (exact) mass is 291 g/mol. The fraction of sp³-hybridized carbons (Fsp3) is 0.400. The largest absolute Gasteiger partial charge is 0.342 e. The zero-order valence-corrected chi connectivity index (χ0v) is 11.6. The molecule has 0 saturated heterocycles. The molecule has 0 aromatic heterocycles. The SMILES string of the molecule is O=C(CCCCCCN1C(=O)c2ccccc2C1=O)OO. The first-order chi connectivity index (χ1) is 10.1. The molecule has 2 amide bonds. The van der Waals surface area contributed by atoms with Gasteiger partial charge in [-0.3, -0.25) is 14.5 Å². The highest BCUT2D eigenvalue weighted by atomic mass is 17.1. The molecule has 0 fully saturated rings. The Morgan fingerprint density at radius 2 is 1.57 bits per heavy atom. The van der Waals surface area contributed by atoms with Crippen LogP contribution in [0.2, 0.25) is 0 Å². The molecule has 1 N–H and O–H groups in total. The standard InChI is InChI=1S/C15H17NO5/c17-13(21-20)9-3-1-2-6-10-16-14(18)11-7-4-5-8-12(11)15(16)19/h4-5,7-8,20H,1-3,6,9-10H2. The molecule has 2 rings (SSSR count). The third-order valence-corrected chi connectivity index (χ3v) is 3.49. The maximum Gasteiger partial charge on any atom is 0.342 e. The van der Waals surface area contributed by atoms with Crippen molar-refractivity contribution >= 4 is 17.8 Å². The maximum absolute atomic E-state index is 12.1. The predicted octanol–water partition coefficient (Wildman–Crippen LogP) is 2.25. The van der Waals surface area contributed by atoms with Crippen LogP contribution in [-0.2, 0) is 9.68 Å². The van der Waals surface area contributed by atoms with Gasteiger partial charge in [-0.15, -0.1) is 0 Å². The Kier molecular flexibility index (Phi) is 5.05. The Morgan fingerprint density at radius 3 is 2.14 bits per heavy atom. The van der Waals surface area contributed by atoms with Gasteiger partial charge in [-0.1, -0.05) is 25.0 Å². The topological polar surface area (TPSA) is 83.9 Å². The zero-order valence-electron chi connectivity index (χ0n) is 11.6. The number of carbonyl (C=O) groups is 3. The molecule has 21 heavy (non-hydrogen) atoms. The third-order valence-electron chi connectivity index (χ3n) is 3.49. The van der Waals surface area contributed by atoms with E-state index in [0.717, 1.165) is 12.8 Å². The first-order valence-electron chi connectivity index (χ1n) is 6.94. The summed E-state index contributed by atoms with van der Waals surface area (Å²) in [6, 6.07) is 6.81. The summed E-state index contributed by atoms with van der Waals surface area (Å²) in [4.78, 5) is 39.7. The number of imide groups is 1. The number of carbonyl (C=O) groups excluding carboxylic acids is 3. The maximum atomic E-state index is 12.1. The van der Waals surface area contributed by atoms with E-state index >= 15 is 0 Å². The lowest BCUT2D eigenvalue weighted by Crippen LogP contribution is -2.30. The van der Waals surface area contributed by atoms with Crippen LogP contribution in [0.1, 0.15) is 52.8 Å². The van der Waals surface area contributed by atoms with E-state index in [1.54, 1.807) is 24.3 Å². The summed E-state index contributed by atoms with van der Waals surface area (Å²) < 4.78 is 0. The molecule has 1 aromatic carbocycles. The number of nitrogens with zero attached hydrogens (tertiary/aromatic N) is 1. The molecule has 112 valence electrons. The van der Waals surface area contributed by atoms with Gasteiger partial charge in [0.2, 0.25) is 0 Å². The van der Waals surface area contributed by atoms with Crippen molar-refractivity contribution in [2.75, 3.05) is 6.54 Å². The van der Waals surface area contributed by atoms with Crippen LogP contribution in [-0.4, -0.2) is 34.5 Å². The van der Waals surface area contributed by atoms with Gasteiger partial charge in [0.05, 0.1) is 11.1 Å². The van der Waals surface area contributed by atoms with Gasteiger partial charge in [-0.05, 0) is 25.0 Å². The summed E-state index contributed by atoms with van der Waals surface area (Å²) in [5.41, 5.74) is 0.932. The molecule has 0 saturated carbocycles. The second-order valence-electron chi connectivity index (χ2n) is 4.94. The highest BCUT2D eigenvalue weighted by Gasteiger charge is 2.34. The Balaban J connectivity index is 1.74. The average molecular weight is 291 g/mol. The predicted molar refractivity (Wildman–Crippen MR) is 73.6 cm³/mol. The highest BCUT2D eigenvalue weighted by molar-refractivity contribution is 6.21. The molecule has 6 nitrogen and oxygen atoms in total. The van der Waals surface area contributed by atoms with Gasteiger partial charge in [0.25, 0.3) is 11.8 Å². The molecule has 1 heterocycles. The van der Waals surface area contributed by atoms with Gasteiger partial charge < -0.3 is 4.89 Å². The number of rotatable bonds is 7. The number of benzene rings is 1. The Bertz CT molecular complexity index is 520. The van der Waals surface area contributed by atoms with Gasteiger partial charge in [-0.2, -0.15) is 5.26 Å². The summed E-state index contributed by atoms with van der Waals surface area (Å²) in [5, 5.41) is 8.09. The highest BCUT2D eigenvalue weighted by Crippen LogP contribution is 2.22. The molecule has 1 aliphatic rings. The normalized spacial score (nSPS) is 13.5. The van der Waals surface area contributed by atoms with E-state index in [0.29, 0.717) is 30.5 Å². The van der Waals surface area contributed by atoms with Crippen LogP contribution in [0, 0.1) is 0 Å². The van der Waals surface area contributed by atoms with Crippen LogP contribution in [0.15, 0.2) is 24.3 Å². The van der Waals surface area contributed by atoms with Crippen molar-refractivity contribution in [3.05, 3.63) is 35.4 Å². The second-order valence-corrected chi connectivity index (χ2v) is 4.94. The van der Waals surface area contributed by atoms with Crippen molar-refractivity contribution in [2.24, 2.45) is 0 Å². The third kappa shape index (κ3) is 3.46. The summed E-state index contributed by atoms with van der Waals surface area (Å²) in [7, 11) is 0.